The van der Waals surface area contributed by atoms with Crippen molar-refractivity contribution in [2.24, 2.45) is 0 Å². The Morgan fingerprint density at radius 3 is 1.95 bits per heavy atom. The minimum absolute atomic E-state index is 0.414. The molecule has 0 aliphatic carbocycles. The molecule has 0 bridgehead atoms. The molecule has 1 heterocycles. The summed E-state index contributed by atoms with van der Waals surface area (Å²) in [4.78, 5) is 0. The second kappa shape index (κ2) is 4.85. The van der Waals surface area contributed by atoms with Gasteiger partial charge in [0.05, 0.1) is 11.0 Å². The Morgan fingerprint density at radius 2 is 1.36 bits per heavy atom. The summed E-state index contributed by atoms with van der Waals surface area (Å²) in [5.74, 6) is -0.414. The average Bonchev–Trinajstić information content (AvgIpc) is 2.89. The van der Waals surface area contributed by atoms with Crippen molar-refractivity contribution in [3.05, 3.63) is 84.9 Å². The van der Waals surface area contributed by atoms with Crippen LogP contribution in [0.25, 0.3) is 33.3 Å². The summed E-state index contributed by atoms with van der Waals surface area (Å²) in [7, 11) is 0. The van der Waals surface area contributed by atoms with Crippen molar-refractivity contribution in [3.63, 3.8) is 0 Å². The fraction of sp³-hybridized carbons (Fsp3) is 0. The molecule has 4 aromatic rings. The van der Waals surface area contributed by atoms with Crippen LogP contribution in [0.4, 0.5) is 4.39 Å². The number of para-hydroxylation sites is 2. The summed E-state index contributed by atoms with van der Waals surface area (Å²) in [6.07, 6.45) is 0. The second-order valence-electron chi connectivity index (χ2n) is 5.32. The first-order valence-corrected chi connectivity index (χ1v) is 7.19. The van der Waals surface area contributed by atoms with E-state index < -0.39 is 5.83 Å². The summed E-state index contributed by atoms with van der Waals surface area (Å²) >= 11 is 0. The van der Waals surface area contributed by atoms with E-state index in [1.54, 1.807) is 6.07 Å². The summed E-state index contributed by atoms with van der Waals surface area (Å²) in [6, 6.07) is 24.0. The molecule has 0 spiro atoms. The zero-order valence-electron chi connectivity index (χ0n) is 12.0. The third-order valence-electron chi connectivity index (χ3n) is 4.00. The fourth-order valence-corrected chi connectivity index (χ4v) is 3.01. The molecule has 0 radical (unpaired) electrons. The highest BCUT2D eigenvalue weighted by Gasteiger charge is 2.11. The van der Waals surface area contributed by atoms with Gasteiger partial charge >= 0.3 is 0 Å². The van der Waals surface area contributed by atoms with Gasteiger partial charge in [-0.1, -0.05) is 55.1 Å². The van der Waals surface area contributed by atoms with Crippen molar-refractivity contribution in [2.75, 3.05) is 0 Å². The molecule has 2 heteroatoms. The Bertz CT molecular complexity index is 957. The van der Waals surface area contributed by atoms with Gasteiger partial charge in [0, 0.05) is 22.0 Å². The molecule has 1 nitrogen and oxygen atoms in total. The minimum atomic E-state index is -0.414. The predicted molar refractivity (Wildman–Crippen MR) is 90.9 cm³/mol. The lowest BCUT2D eigenvalue weighted by Gasteiger charge is -2.09. The Labute approximate surface area is 127 Å². The number of hydrogen-bond acceptors (Lipinski definition) is 0. The first-order chi connectivity index (χ1) is 10.8. The lowest BCUT2D eigenvalue weighted by molar-refractivity contribution is 0.763. The van der Waals surface area contributed by atoms with Crippen molar-refractivity contribution >= 4 is 27.6 Å². The normalized spacial score (nSPS) is 11.1. The Hall–Kier alpha value is -2.87. The van der Waals surface area contributed by atoms with Gasteiger partial charge in [-0.2, -0.15) is 0 Å². The Balaban J connectivity index is 2.13. The van der Waals surface area contributed by atoms with Gasteiger partial charge in [-0.25, -0.2) is 4.39 Å². The summed E-state index contributed by atoms with van der Waals surface area (Å²) in [6.45, 7) is 3.40. The lowest BCUT2D eigenvalue weighted by atomic mass is 10.2. The number of hydrogen-bond donors (Lipinski definition) is 0. The number of halogens is 1. The molecule has 0 N–H and O–H groups in total. The molecular weight excluding hydrogens is 273 g/mol. The highest BCUT2D eigenvalue weighted by Crippen LogP contribution is 2.32. The average molecular weight is 287 g/mol. The minimum Gasteiger partial charge on any atom is -0.309 e. The van der Waals surface area contributed by atoms with Crippen molar-refractivity contribution in [2.45, 2.75) is 0 Å². The third kappa shape index (κ3) is 1.85. The topological polar surface area (TPSA) is 4.93 Å². The molecule has 0 saturated heterocycles. The quantitative estimate of drug-likeness (QED) is 0.444. The largest absolute Gasteiger partial charge is 0.309 e. The van der Waals surface area contributed by atoms with E-state index in [-0.39, 0.29) is 0 Å². The maximum Gasteiger partial charge on any atom is 0.123 e. The van der Waals surface area contributed by atoms with Crippen LogP contribution < -0.4 is 0 Å². The van der Waals surface area contributed by atoms with E-state index in [1.807, 2.05) is 42.5 Å². The van der Waals surface area contributed by atoms with Crippen molar-refractivity contribution in [1.82, 2.24) is 4.57 Å². The predicted octanol–water partition coefficient (Wildman–Crippen LogP) is 5.72. The molecule has 0 aliphatic heterocycles. The SMILES string of the molecule is C=C(F)c1cccc(-n2c3ccccc3c3ccccc32)c1. The van der Waals surface area contributed by atoms with Gasteiger partial charge in [0.2, 0.25) is 0 Å². The second-order valence-corrected chi connectivity index (χ2v) is 5.32. The fourth-order valence-electron chi connectivity index (χ4n) is 3.01. The van der Waals surface area contributed by atoms with Gasteiger partial charge in [0.25, 0.3) is 0 Å². The molecule has 0 aliphatic rings. The van der Waals surface area contributed by atoms with Crippen molar-refractivity contribution in [1.29, 1.82) is 0 Å². The summed E-state index contributed by atoms with van der Waals surface area (Å²) in [5, 5.41) is 2.39. The number of rotatable bonds is 2. The molecule has 0 amide bonds. The van der Waals surface area contributed by atoms with Crippen molar-refractivity contribution in [3.8, 4) is 5.69 Å². The van der Waals surface area contributed by atoms with E-state index >= 15 is 0 Å². The smallest absolute Gasteiger partial charge is 0.123 e. The number of nitrogens with zero attached hydrogens (tertiary/aromatic N) is 1. The molecule has 0 saturated carbocycles. The Kier molecular flexibility index (Phi) is 2.83. The molecule has 0 fully saturated rings. The summed E-state index contributed by atoms with van der Waals surface area (Å²) in [5.41, 5.74) is 3.68. The molecule has 1 aromatic heterocycles. The molecule has 3 aromatic carbocycles. The van der Waals surface area contributed by atoms with E-state index in [0.717, 1.165) is 16.7 Å². The van der Waals surface area contributed by atoms with Gasteiger partial charge < -0.3 is 4.57 Å². The first kappa shape index (κ1) is 12.8. The van der Waals surface area contributed by atoms with Gasteiger partial charge in [-0.3, -0.25) is 0 Å². The van der Waals surface area contributed by atoms with Gasteiger partial charge in [-0.15, -0.1) is 0 Å². The molecule has 0 atom stereocenters. The maximum atomic E-state index is 13.5. The highest BCUT2D eigenvalue weighted by molar-refractivity contribution is 6.09. The van der Waals surface area contributed by atoms with Crippen LogP contribution in [0.15, 0.2) is 79.4 Å². The van der Waals surface area contributed by atoms with E-state index in [9.17, 15) is 4.39 Å². The van der Waals surface area contributed by atoms with Crippen LogP contribution in [0.3, 0.4) is 0 Å². The van der Waals surface area contributed by atoms with Crippen LogP contribution in [-0.2, 0) is 0 Å². The molecule has 22 heavy (non-hydrogen) atoms. The molecule has 4 rings (SSSR count). The third-order valence-corrected chi connectivity index (χ3v) is 4.00. The number of benzene rings is 3. The molecule has 106 valence electrons. The number of fused-ring (bicyclic) bond motifs is 3. The van der Waals surface area contributed by atoms with Gasteiger partial charge in [-0.05, 0) is 24.3 Å². The van der Waals surface area contributed by atoms with E-state index in [4.69, 9.17) is 0 Å². The van der Waals surface area contributed by atoms with E-state index in [2.05, 4.69) is 35.4 Å². The van der Waals surface area contributed by atoms with Gasteiger partial charge in [0.15, 0.2) is 0 Å². The van der Waals surface area contributed by atoms with Gasteiger partial charge in [0.1, 0.15) is 5.83 Å². The van der Waals surface area contributed by atoms with E-state index in [1.165, 1.54) is 10.8 Å². The molecule has 0 unspecified atom stereocenters. The van der Waals surface area contributed by atoms with E-state index in [0.29, 0.717) is 5.56 Å². The van der Waals surface area contributed by atoms with Crippen LogP contribution in [0.5, 0.6) is 0 Å². The molecular formula is C20H14FN. The van der Waals surface area contributed by atoms with Crippen LogP contribution in [0.1, 0.15) is 5.56 Å². The zero-order valence-corrected chi connectivity index (χ0v) is 12.0. The van der Waals surface area contributed by atoms with Crippen LogP contribution in [0, 0.1) is 0 Å². The lowest BCUT2D eigenvalue weighted by Crippen LogP contribution is -1.94. The monoisotopic (exact) mass is 287 g/mol. The first-order valence-electron chi connectivity index (χ1n) is 7.19. The van der Waals surface area contributed by atoms with Crippen LogP contribution in [-0.4, -0.2) is 4.57 Å². The standard InChI is InChI=1S/C20H14FN/c1-14(21)15-7-6-8-16(13-15)22-19-11-4-2-9-17(19)18-10-3-5-12-20(18)22/h2-13H,1H2. The highest BCUT2D eigenvalue weighted by atomic mass is 19.1. The van der Waals surface area contributed by atoms with Crippen LogP contribution >= 0.6 is 0 Å². The van der Waals surface area contributed by atoms with Crippen molar-refractivity contribution < 1.29 is 4.39 Å². The number of aromatic nitrogens is 1. The summed E-state index contributed by atoms with van der Waals surface area (Å²) < 4.78 is 15.6. The Morgan fingerprint density at radius 1 is 0.773 bits per heavy atom. The zero-order chi connectivity index (χ0) is 15.1. The maximum absolute atomic E-state index is 13.5. The van der Waals surface area contributed by atoms with Crippen LogP contribution in [0.2, 0.25) is 0 Å².